The van der Waals surface area contributed by atoms with E-state index in [1.54, 1.807) is 11.3 Å². The zero-order chi connectivity index (χ0) is 14.7. The van der Waals surface area contributed by atoms with Crippen molar-refractivity contribution in [3.63, 3.8) is 0 Å². The molecule has 0 fully saturated rings. The van der Waals surface area contributed by atoms with Crippen molar-refractivity contribution in [2.24, 2.45) is 5.73 Å². The molecule has 0 saturated heterocycles. The van der Waals surface area contributed by atoms with Crippen LogP contribution in [0, 0.1) is 0 Å². The molecule has 1 atom stereocenters. The van der Waals surface area contributed by atoms with Gasteiger partial charge in [0.05, 0.1) is 14.5 Å². The van der Waals surface area contributed by atoms with E-state index in [1.165, 1.54) is 11.1 Å². The molecule has 20 heavy (non-hydrogen) atoms. The Balaban J connectivity index is 2.25. The molecule has 1 heterocycles. The van der Waals surface area contributed by atoms with Crippen molar-refractivity contribution in [3.05, 3.63) is 49.6 Å². The Kier molecular flexibility index (Phi) is 5.49. The highest BCUT2D eigenvalue weighted by molar-refractivity contribution is 9.11. The van der Waals surface area contributed by atoms with Crippen molar-refractivity contribution in [2.45, 2.75) is 25.9 Å². The number of anilines is 1. The molecule has 0 aliphatic rings. The fourth-order valence-corrected chi connectivity index (χ4v) is 3.82. The summed E-state index contributed by atoms with van der Waals surface area (Å²) in [4.78, 5) is 2.19. The number of thiophene rings is 1. The first-order valence-corrected chi connectivity index (χ1v) is 8.49. The Morgan fingerprint density at radius 3 is 2.80 bits per heavy atom. The number of hydrogen-bond donors (Lipinski definition) is 1. The number of para-hydroxylation sites is 1. The molecule has 0 bridgehead atoms. The lowest BCUT2D eigenvalue weighted by atomic mass is 10.0. The molecule has 0 radical (unpaired) electrons. The van der Waals surface area contributed by atoms with Crippen LogP contribution in [0.2, 0.25) is 5.02 Å². The minimum Gasteiger partial charge on any atom is -0.369 e. The summed E-state index contributed by atoms with van der Waals surface area (Å²) in [6.07, 6.45) is 0.827. The van der Waals surface area contributed by atoms with E-state index >= 15 is 0 Å². The average Bonchev–Trinajstić information content (AvgIpc) is 2.73. The van der Waals surface area contributed by atoms with E-state index in [9.17, 15) is 0 Å². The summed E-state index contributed by atoms with van der Waals surface area (Å²) in [7, 11) is 2.07. The van der Waals surface area contributed by atoms with Gasteiger partial charge in [-0.25, -0.2) is 0 Å². The highest BCUT2D eigenvalue weighted by atomic mass is 79.9. The molecule has 2 N–H and O–H groups in total. The first-order chi connectivity index (χ1) is 9.47. The van der Waals surface area contributed by atoms with Gasteiger partial charge in [0.2, 0.25) is 0 Å². The molecule has 108 valence electrons. The van der Waals surface area contributed by atoms with Crippen molar-refractivity contribution >= 4 is 44.6 Å². The summed E-state index contributed by atoms with van der Waals surface area (Å²) in [5, 5.41) is 2.93. The number of benzene rings is 1. The van der Waals surface area contributed by atoms with Crippen LogP contribution in [0.4, 0.5) is 5.69 Å². The van der Waals surface area contributed by atoms with Crippen molar-refractivity contribution in [1.29, 1.82) is 0 Å². The average molecular weight is 374 g/mol. The molecule has 1 aromatic carbocycles. The molecular formula is C15H18BrClN2S. The van der Waals surface area contributed by atoms with Crippen LogP contribution in [0.1, 0.15) is 18.1 Å². The van der Waals surface area contributed by atoms with Crippen molar-refractivity contribution < 1.29 is 0 Å². The van der Waals surface area contributed by atoms with Gasteiger partial charge in [-0.1, -0.05) is 23.7 Å². The zero-order valence-corrected chi connectivity index (χ0v) is 14.7. The van der Waals surface area contributed by atoms with E-state index in [4.69, 9.17) is 17.3 Å². The second-order valence-corrected chi connectivity index (χ2v) is 7.74. The van der Waals surface area contributed by atoms with Crippen LogP contribution in [-0.2, 0) is 13.0 Å². The molecule has 2 rings (SSSR count). The predicted molar refractivity (Wildman–Crippen MR) is 92.9 cm³/mol. The standard InChI is InChI=1S/C15H18BrClN2S/c1-10(18)6-12-4-3-5-13(17)15(12)19(2)8-11-7-14(16)20-9-11/h3-5,7,9-10H,6,8,18H2,1-2H3. The first kappa shape index (κ1) is 15.8. The second kappa shape index (κ2) is 6.94. The molecule has 0 aliphatic carbocycles. The molecule has 2 aromatic rings. The van der Waals surface area contributed by atoms with Crippen LogP contribution in [0.15, 0.2) is 33.4 Å². The van der Waals surface area contributed by atoms with Gasteiger partial charge in [0.15, 0.2) is 0 Å². The lowest BCUT2D eigenvalue weighted by Crippen LogP contribution is -2.22. The van der Waals surface area contributed by atoms with Crippen LogP contribution in [0.25, 0.3) is 0 Å². The van der Waals surface area contributed by atoms with Crippen LogP contribution < -0.4 is 10.6 Å². The minimum atomic E-state index is 0.121. The second-order valence-electron chi connectivity index (χ2n) is 5.04. The number of nitrogens with zero attached hydrogens (tertiary/aromatic N) is 1. The third-order valence-corrected chi connectivity index (χ3v) is 4.89. The molecule has 1 unspecified atom stereocenters. The van der Waals surface area contributed by atoms with Gasteiger partial charge in [0.25, 0.3) is 0 Å². The van der Waals surface area contributed by atoms with Crippen molar-refractivity contribution in [2.75, 3.05) is 11.9 Å². The monoisotopic (exact) mass is 372 g/mol. The maximum Gasteiger partial charge on any atom is 0.0701 e. The summed E-state index contributed by atoms with van der Waals surface area (Å²) < 4.78 is 1.15. The minimum absolute atomic E-state index is 0.121. The lowest BCUT2D eigenvalue weighted by Gasteiger charge is -2.24. The molecular weight excluding hydrogens is 356 g/mol. The number of halogens is 2. The third kappa shape index (κ3) is 3.98. The van der Waals surface area contributed by atoms with Gasteiger partial charge in [-0.2, -0.15) is 0 Å². The smallest absolute Gasteiger partial charge is 0.0701 e. The SMILES string of the molecule is CC(N)Cc1cccc(Cl)c1N(C)Cc1csc(Br)c1. The summed E-state index contributed by atoms with van der Waals surface area (Å²) in [5.74, 6) is 0. The lowest BCUT2D eigenvalue weighted by molar-refractivity contribution is 0.734. The topological polar surface area (TPSA) is 29.3 Å². The van der Waals surface area contributed by atoms with E-state index < -0.39 is 0 Å². The molecule has 1 aromatic heterocycles. The fraction of sp³-hybridized carbons (Fsp3) is 0.333. The summed E-state index contributed by atoms with van der Waals surface area (Å²) in [5.41, 5.74) is 9.48. The molecule has 2 nitrogen and oxygen atoms in total. The molecule has 0 saturated carbocycles. The maximum atomic E-state index is 6.39. The van der Waals surface area contributed by atoms with Crippen molar-refractivity contribution in [1.82, 2.24) is 0 Å². The van der Waals surface area contributed by atoms with E-state index in [1.807, 2.05) is 19.1 Å². The van der Waals surface area contributed by atoms with Crippen LogP contribution in [0.5, 0.6) is 0 Å². The molecule has 5 heteroatoms. The van der Waals surface area contributed by atoms with Crippen molar-refractivity contribution in [3.8, 4) is 0 Å². The Hall–Kier alpha value is -0.550. The van der Waals surface area contributed by atoms with Crippen LogP contribution in [-0.4, -0.2) is 13.1 Å². The van der Waals surface area contributed by atoms with Gasteiger partial charge in [0, 0.05) is 19.6 Å². The Bertz CT molecular complexity index is 583. The Labute approximate surface area is 137 Å². The summed E-state index contributed by atoms with van der Waals surface area (Å²) >= 11 is 11.6. The zero-order valence-electron chi connectivity index (χ0n) is 11.6. The quantitative estimate of drug-likeness (QED) is 0.823. The van der Waals surface area contributed by atoms with Gasteiger partial charge in [-0.3, -0.25) is 0 Å². The van der Waals surface area contributed by atoms with E-state index in [0.29, 0.717) is 0 Å². The first-order valence-electron chi connectivity index (χ1n) is 6.44. The van der Waals surface area contributed by atoms with E-state index in [-0.39, 0.29) is 6.04 Å². The van der Waals surface area contributed by atoms with E-state index in [0.717, 1.165) is 27.5 Å². The van der Waals surface area contributed by atoms with Gasteiger partial charge >= 0.3 is 0 Å². The molecule has 0 amide bonds. The van der Waals surface area contributed by atoms with Gasteiger partial charge in [0.1, 0.15) is 0 Å². The van der Waals surface area contributed by atoms with Crippen LogP contribution >= 0.6 is 38.9 Å². The predicted octanol–water partition coefficient (Wildman–Crippen LogP) is 4.69. The number of nitrogens with two attached hydrogens (primary N) is 1. The van der Waals surface area contributed by atoms with E-state index in [2.05, 4.69) is 45.4 Å². The maximum absolute atomic E-state index is 6.39. The van der Waals surface area contributed by atoms with Crippen LogP contribution in [0.3, 0.4) is 0 Å². The number of rotatable bonds is 5. The normalized spacial score (nSPS) is 12.4. The third-order valence-electron chi connectivity index (χ3n) is 3.04. The Morgan fingerprint density at radius 2 is 2.20 bits per heavy atom. The highest BCUT2D eigenvalue weighted by Gasteiger charge is 2.13. The Morgan fingerprint density at radius 1 is 1.45 bits per heavy atom. The molecule has 0 spiro atoms. The highest BCUT2D eigenvalue weighted by Crippen LogP contribution is 2.32. The summed E-state index contributed by atoms with van der Waals surface area (Å²) in [6, 6.07) is 8.28. The largest absolute Gasteiger partial charge is 0.369 e. The number of hydrogen-bond acceptors (Lipinski definition) is 3. The molecule has 0 aliphatic heterocycles. The van der Waals surface area contributed by atoms with Gasteiger partial charge in [-0.05, 0) is 57.9 Å². The summed E-state index contributed by atoms with van der Waals surface area (Å²) in [6.45, 7) is 2.85. The van der Waals surface area contributed by atoms with Gasteiger partial charge < -0.3 is 10.6 Å². The fourth-order valence-electron chi connectivity index (χ4n) is 2.28. The van der Waals surface area contributed by atoms with Gasteiger partial charge in [-0.15, -0.1) is 11.3 Å².